The van der Waals surface area contributed by atoms with Gasteiger partial charge in [0.1, 0.15) is 5.01 Å². The Balaban J connectivity index is 1.46. The first-order valence-electron chi connectivity index (χ1n) is 8.09. The van der Waals surface area contributed by atoms with Crippen molar-refractivity contribution in [3.8, 4) is 0 Å². The lowest BCUT2D eigenvalue weighted by Crippen LogP contribution is -2.26. The van der Waals surface area contributed by atoms with Gasteiger partial charge in [0.2, 0.25) is 4.96 Å². The number of fused-ring (bicyclic) bond motifs is 1. The second kappa shape index (κ2) is 5.09. The van der Waals surface area contributed by atoms with Crippen LogP contribution in [0.25, 0.3) is 4.96 Å². The van der Waals surface area contributed by atoms with E-state index in [-0.39, 0.29) is 6.04 Å². The van der Waals surface area contributed by atoms with Gasteiger partial charge in [0.25, 0.3) is 0 Å². The van der Waals surface area contributed by atoms with E-state index < -0.39 is 0 Å². The fourth-order valence-electron chi connectivity index (χ4n) is 3.34. The molecule has 1 saturated heterocycles. The first-order chi connectivity index (χ1) is 11.3. The molecule has 0 bridgehead atoms. The van der Waals surface area contributed by atoms with Gasteiger partial charge in [-0.15, -0.1) is 10.2 Å². The fourth-order valence-corrected chi connectivity index (χ4v) is 4.35. The number of nitrogens with zero attached hydrogens (tertiary/aromatic N) is 4. The van der Waals surface area contributed by atoms with Gasteiger partial charge in [0, 0.05) is 11.8 Å². The summed E-state index contributed by atoms with van der Waals surface area (Å²) >= 11 is 1.64. The van der Waals surface area contributed by atoms with E-state index >= 15 is 0 Å². The second-order valence-corrected chi connectivity index (χ2v) is 7.47. The Hall–Kier alpha value is -1.83. The first-order valence-corrected chi connectivity index (χ1v) is 8.91. The summed E-state index contributed by atoms with van der Waals surface area (Å²) in [7, 11) is 0. The zero-order valence-corrected chi connectivity index (χ0v) is 13.6. The maximum atomic E-state index is 4.80. The van der Waals surface area contributed by atoms with Gasteiger partial charge >= 0.3 is 0 Å². The van der Waals surface area contributed by atoms with Crippen LogP contribution in [0.2, 0.25) is 0 Å². The third-order valence-corrected chi connectivity index (χ3v) is 5.83. The summed E-state index contributed by atoms with van der Waals surface area (Å²) in [6, 6.07) is 11.0. The summed E-state index contributed by atoms with van der Waals surface area (Å²) in [5.74, 6) is 2.00. The van der Waals surface area contributed by atoms with Crippen molar-refractivity contribution in [2.45, 2.75) is 37.8 Å². The van der Waals surface area contributed by atoms with Crippen LogP contribution in [-0.4, -0.2) is 19.8 Å². The number of hydrazine groups is 1. The van der Waals surface area contributed by atoms with Gasteiger partial charge < -0.3 is 0 Å². The average Bonchev–Trinajstić information content (AvgIpc) is 3.03. The molecule has 1 aliphatic carbocycles. The van der Waals surface area contributed by atoms with Crippen LogP contribution in [0.4, 0.5) is 0 Å². The Morgan fingerprint density at radius 1 is 1.09 bits per heavy atom. The predicted octanol–water partition coefficient (Wildman–Crippen LogP) is 2.59. The molecule has 2 aromatic heterocycles. The molecule has 1 saturated carbocycles. The van der Waals surface area contributed by atoms with Crippen LogP contribution in [-0.2, 0) is 0 Å². The molecule has 0 amide bonds. The van der Waals surface area contributed by atoms with Crippen LogP contribution in [0.5, 0.6) is 0 Å². The van der Waals surface area contributed by atoms with E-state index in [4.69, 9.17) is 5.10 Å². The van der Waals surface area contributed by atoms with Gasteiger partial charge in [-0.3, -0.25) is 0 Å². The quantitative estimate of drug-likeness (QED) is 0.774. The Bertz CT molecular complexity index is 837. The van der Waals surface area contributed by atoms with Crippen LogP contribution in [0.15, 0.2) is 30.3 Å². The zero-order chi connectivity index (χ0) is 15.4. The van der Waals surface area contributed by atoms with E-state index in [1.165, 1.54) is 18.4 Å². The molecular formula is C16H18N6S. The Kier molecular flexibility index (Phi) is 3.01. The topological polar surface area (TPSA) is 67.1 Å². The van der Waals surface area contributed by atoms with Gasteiger partial charge in [-0.25, -0.2) is 10.9 Å². The van der Waals surface area contributed by atoms with Gasteiger partial charge in [-0.1, -0.05) is 48.6 Å². The number of rotatable bonds is 3. The minimum Gasteiger partial charge on any atom is -0.249 e. The highest BCUT2D eigenvalue weighted by atomic mass is 32.1. The maximum absolute atomic E-state index is 4.80. The summed E-state index contributed by atoms with van der Waals surface area (Å²) in [4.78, 5) is 0.902. The summed E-state index contributed by atoms with van der Waals surface area (Å²) < 4.78 is 1.95. The van der Waals surface area contributed by atoms with Crippen molar-refractivity contribution in [3.05, 3.63) is 46.7 Å². The lowest BCUT2D eigenvalue weighted by atomic mass is 9.91. The number of aromatic nitrogens is 4. The SMILES string of the molecule is CC1C(c2ccccc2)NNC1c1nn2c(C3CC3)nnc2s1. The van der Waals surface area contributed by atoms with Crippen LogP contribution < -0.4 is 10.9 Å². The maximum Gasteiger partial charge on any atom is 0.234 e. The lowest BCUT2D eigenvalue weighted by molar-refractivity contribution is 0.461. The van der Waals surface area contributed by atoms with Gasteiger partial charge in [-0.2, -0.15) is 9.61 Å². The molecule has 118 valence electrons. The molecule has 2 N–H and O–H groups in total. The molecule has 7 heteroatoms. The molecule has 3 aromatic rings. The van der Waals surface area contributed by atoms with Crippen molar-refractivity contribution in [2.24, 2.45) is 5.92 Å². The third kappa shape index (κ3) is 2.19. The molecule has 1 aromatic carbocycles. The van der Waals surface area contributed by atoms with Crippen LogP contribution in [0, 0.1) is 5.92 Å². The molecule has 2 aliphatic rings. The molecule has 23 heavy (non-hydrogen) atoms. The van der Waals surface area contributed by atoms with Crippen molar-refractivity contribution < 1.29 is 0 Å². The molecular weight excluding hydrogens is 308 g/mol. The highest BCUT2D eigenvalue weighted by molar-refractivity contribution is 7.16. The smallest absolute Gasteiger partial charge is 0.234 e. The van der Waals surface area contributed by atoms with E-state index in [2.05, 4.69) is 58.3 Å². The number of hydrogen-bond acceptors (Lipinski definition) is 6. The number of hydrogen-bond donors (Lipinski definition) is 2. The van der Waals surface area contributed by atoms with Crippen molar-refractivity contribution in [3.63, 3.8) is 0 Å². The normalized spacial score (nSPS) is 27.8. The molecule has 2 fully saturated rings. The van der Waals surface area contributed by atoms with E-state index in [0.29, 0.717) is 17.9 Å². The lowest BCUT2D eigenvalue weighted by Gasteiger charge is -2.17. The molecule has 6 nitrogen and oxygen atoms in total. The molecule has 0 spiro atoms. The largest absolute Gasteiger partial charge is 0.249 e. The highest BCUT2D eigenvalue weighted by Gasteiger charge is 2.37. The molecule has 3 unspecified atom stereocenters. The third-order valence-electron chi connectivity index (χ3n) is 4.84. The summed E-state index contributed by atoms with van der Waals surface area (Å²) in [5.41, 5.74) is 8.15. The second-order valence-electron chi connectivity index (χ2n) is 6.48. The fraction of sp³-hybridized carbons (Fsp3) is 0.438. The molecule has 5 rings (SSSR count). The molecule has 1 aliphatic heterocycles. The summed E-state index contributed by atoms with van der Waals surface area (Å²) in [5, 5.41) is 14.5. The van der Waals surface area contributed by atoms with Crippen molar-refractivity contribution >= 4 is 16.3 Å². The van der Waals surface area contributed by atoms with Crippen LogP contribution in [0.1, 0.15) is 54.2 Å². The van der Waals surface area contributed by atoms with Crippen molar-refractivity contribution in [1.29, 1.82) is 0 Å². The van der Waals surface area contributed by atoms with Gasteiger partial charge in [-0.05, 0) is 18.4 Å². The minimum atomic E-state index is 0.193. The standard InChI is InChI=1S/C16H18N6S/c1-9-12(10-5-3-2-4-6-10)17-18-13(9)15-21-22-14(11-7-8-11)19-20-16(22)23-15/h2-6,9,11-13,17-18H,7-8H2,1H3. The number of nitrogens with one attached hydrogen (secondary N) is 2. The van der Waals surface area contributed by atoms with Crippen LogP contribution in [0.3, 0.4) is 0 Å². The monoisotopic (exact) mass is 326 g/mol. The zero-order valence-electron chi connectivity index (χ0n) is 12.8. The van der Waals surface area contributed by atoms with Gasteiger partial charge in [0.05, 0.1) is 12.1 Å². The van der Waals surface area contributed by atoms with Crippen molar-refractivity contribution in [2.75, 3.05) is 0 Å². The van der Waals surface area contributed by atoms with E-state index in [1.807, 2.05) is 4.52 Å². The summed E-state index contributed by atoms with van der Waals surface area (Å²) in [6.07, 6.45) is 2.42. The Morgan fingerprint density at radius 3 is 2.65 bits per heavy atom. The van der Waals surface area contributed by atoms with E-state index in [9.17, 15) is 0 Å². The Labute approximate surface area is 137 Å². The predicted molar refractivity (Wildman–Crippen MR) is 88.0 cm³/mol. The minimum absolute atomic E-state index is 0.193. The van der Waals surface area contributed by atoms with Crippen molar-refractivity contribution in [1.82, 2.24) is 30.7 Å². The first kappa shape index (κ1) is 13.6. The van der Waals surface area contributed by atoms with Gasteiger partial charge in [0.15, 0.2) is 5.82 Å². The van der Waals surface area contributed by atoms with E-state index in [0.717, 1.165) is 15.8 Å². The average molecular weight is 326 g/mol. The van der Waals surface area contributed by atoms with Crippen LogP contribution >= 0.6 is 11.3 Å². The van der Waals surface area contributed by atoms with E-state index in [1.54, 1.807) is 11.3 Å². The molecule has 3 heterocycles. The summed E-state index contributed by atoms with van der Waals surface area (Å²) in [6.45, 7) is 2.26. The molecule has 0 radical (unpaired) electrons. The highest BCUT2D eigenvalue weighted by Crippen LogP contribution is 2.41. The Morgan fingerprint density at radius 2 is 1.87 bits per heavy atom. The molecule has 3 atom stereocenters. The number of benzene rings is 1.